The third-order valence-corrected chi connectivity index (χ3v) is 5.54. The van der Waals surface area contributed by atoms with E-state index in [4.69, 9.17) is 0 Å². The quantitative estimate of drug-likeness (QED) is 0.483. The molecule has 1 fully saturated rings. The second kappa shape index (κ2) is 9.55. The number of hydrogen-bond acceptors (Lipinski definition) is 4. The van der Waals surface area contributed by atoms with Gasteiger partial charge in [-0.1, -0.05) is 31.9 Å². The smallest absolute Gasteiger partial charge is 0.248 e. The van der Waals surface area contributed by atoms with Gasteiger partial charge >= 0.3 is 0 Å². The minimum absolute atomic E-state index is 0.0159. The Morgan fingerprint density at radius 1 is 1.21 bits per heavy atom. The zero-order chi connectivity index (χ0) is 19.9. The summed E-state index contributed by atoms with van der Waals surface area (Å²) in [7, 11) is 0. The summed E-state index contributed by atoms with van der Waals surface area (Å²) in [6, 6.07) is 7.05. The second-order valence-corrected chi connectivity index (χ2v) is 7.38. The third kappa shape index (κ3) is 4.81. The van der Waals surface area contributed by atoms with Crippen LogP contribution in [0.2, 0.25) is 0 Å². The van der Waals surface area contributed by atoms with Gasteiger partial charge in [0.15, 0.2) is 0 Å². The molecule has 0 saturated heterocycles. The molecule has 0 bridgehead atoms. The zero-order valence-electron chi connectivity index (χ0n) is 16.2. The fourth-order valence-electron chi connectivity index (χ4n) is 4.05. The summed E-state index contributed by atoms with van der Waals surface area (Å²) in [5.41, 5.74) is 1.31. The number of amides is 1. The number of fused-ring (bicyclic) bond motifs is 1. The Kier molecular flexibility index (Phi) is 6.87. The molecular weight excluding hydrogens is 354 g/mol. The predicted molar refractivity (Wildman–Crippen MR) is 112 cm³/mol. The molecule has 0 radical (unpaired) electrons. The van der Waals surface area contributed by atoms with E-state index in [9.17, 15) is 14.7 Å². The molecule has 6 nitrogen and oxygen atoms in total. The highest BCUT2D eigenvalue weighted by atomic mass is 16.3. The van der Waals surface area contributed by atoms with Gasteiger partial charge in [-0.25, -0.2) is 0 Å². The molecule has 3 N–H and O–H groups in total. The highest BCUT2D eigenvalue weighted by molar-refractivity contribution is 5.87. The number of carbonyl (C=O) groups excluding carboxylic acids is 1. The number of pyridine rings is 1. The number of aromatic hydroxyl groups is 1. The average molecular weight is 383 g/mol. The lowest BCUT2D eigenvalue weighted by Crippen LogP contribution is -2.44. The van der Waals surface area contributed by atoms with Crippen LogP contribution in [-0.4, -0.2) is 46.6 Å². The van der Waals surface area contributed by atoms with Crippen LogP contribution >= 0.6 is 0 Å². The Hall–Kier alpha value is -2.60. The van der Waals surface area contributed by atoms with Gasteiger partial charge in [0.1, 0.15) is 5.75 Å². The van der Waals surface area contributed by atoms with Crippen molar-refractivity contribution >= 4 is 16.8 Å². The van der Waals surface area contributed by atoms with Gasteiger partial charge in [-0.05, 0) is 49.6 Å². The summed E-state index contributed by atoms with van der Waals surface area (Å²) < 4.78 is 0. The van der Waals surface area contributed by atoms with E-state index in [-0.39, 0.29) is 17.2 Å². The number of nitrogens with zero attached hydrogens (tertiary/aromatic N) is 1. The molecule has 1 amide bonds. The number of hydrogen-bond donors (Lipinski definition) is 3. The van der Waals surface area contributed by atoms with Crippen LogP contribution in [0.5, 0.6) is 5.75 Å². The summed E-state index contributed by atoms with van der Waals surface area (Å²) in [6.07, 6.45) is 7.98. The van der Waals surface area contributed by atoms with E-state index >= 15 is 0 Å². The molecule has 150 valence electrons. The molecule has 0 aliphatic heterocycles. The number of aromatic amines is 1. The van der Waals surface area contributed by atoms with Crippen LogP contribution in [0.25, 0.3) is 10.9 Å². The summed E-state index contributed by atoms with van der Waals surface area (Å²) in [5.74, 6) is 0.0950. The van der Waals surface area contributed by atoms with E-state index in [0.29, 0.717) is 18.1 Å². The Morgan fingerprint density at radius 2 is 2.00 bits per heavy atom. The lowest BCUT2D eigenvalue weighted by Gasteiger charge is -2.33. The van der Waals surface area contributed by atoms with Gasteiger partial charge in [0.2, 0.25) is 11.5 Å². The average Bonchev–Trinajstić information content (AvgIpc) is 2.72. The molecule has 6 heteroatoms. The van der Waals surface area contributed by atoms with Gasteiger partial charge in [0.25, 0.3) is 0 Å². The maximum Gasteiger partial charge on any atom is 0.248 e. The van der Waals surface area contributed by atoms with Crippen molar-refractivity contribution in [2.75, 3.05) is 19.6 Å². The van der Waals surface area contributed by atoms with Crippen molar-refractivity contribution in [2.24, 2.45) is 0 Å². The number of phenolic OH excluding ortho intramolecular Hbond substituents is 1. The van der Waals surface area contributed by atoms with Crippen molar-refractivity contribution in [3.05, 3.63) is 52.8 Å². The predicted octanol–water partition coefficient (Wildman–Crippen LogP) is 2.71. The molecule has 0 unspecified atom stereocenters. The standard InChI is InChI=1S/C22H29N3O3/c1-2-21(28)25(17-6-4-3-5-7-17)15-14-23-13-12-16-8-10-19(26)22-18(16)9-11-20(27)24-22/h2,8-11,17,23,26H,1,3-7,12-15H2,(H,24,27). The Balaban J connectivity index is 1.54. The van der Waals surface area contributed by atoms with Crippen LogP contribution in [0.4, 0.5) is 0 Å². The van der Waals surface area contributed by atoms with E-state index in [0.717, 1.165) is 43.3 Å². The first kappa shape index (κ1) is 20.1. The van der Waals surface area contributed by atoms with Gasteiger partial charge in [-0.2, -0.15) is 0 Å². The third-order valence-electron chi connectivity index (χ3n) is 5.54. The molecule has 1 aliphatic rings. The van der Waals surface area contributed by atoms with Crippen LogP contribution in [0.15, 0.2) is 41.7 Å². The minimum atomic E-state index is -0.229. The van der Waals surface area contributed by atoms with Crippen LogP contribution in [0.3, 0.4) is 0 Å². The van der Waals surface area contributed by atoms with Gasteiger partial charge in [-0.15, -0.1) is 0 Å². The fourth-order valence-corrected chi connectivity index (χ4v) is 4.05. The lowest BCUT2D eigenvalue weighted by atomic mass is 9.94. The Bertz CT molecular complexity index is 884. The number of nitrogens with one attached hydrogen (secondary N) is 2. The summed E-state index contributed by atoms with van der Waals surface area (Å²) in [6.45, 7) is 5.80. The first-order valence-electron chi connectivity index (χ1n) is 10.1. The van der Waals surface area contributed by atoms with Crippen molar-refractivity contribution < 1.29 is 9.90 Å². The molecular formula is C22H29N3O3. The molecule has 1 heterocycles. The molecule has 28 heavy (non-hydrogen) atoms. The Morgan fingerprint density at radius 3 is 2.75 bits per heavy atom. The lowest BCUT2D eigenvalue weighted by molar-refractivity contribution is -0.128. The second-order valence-electron chi connectivity index (χ2n) is 7.38. The van der Waals surface area contributed by atoms with E-state index in [2.05, 4.69) is 16.9 Å². The monoisotopic (exact) mass is 383 g/mol. The number of H-pyrrole nitrogens is 1. The number of rotatable bonds is 8. The first-order valence-corrected chi connectivity index (χ1v) is 10.1. The topological polar surface area (TPSA) is 85.4 Å². The number of phenols is 1. The van der Waals surface area contributed by atoms with Crippen molar-refractivity contribution in [3.8, 4) is 5.75 Å². The maximum absolute atomic E-state index is 12.2. The molecule has 1 aromatic carbocycles. The van der Waals surface area contributed by atoms with Crippen molar-refractivity contribution in [1.29, 1.82) is 0 Å². The minimum Gasteiger partial charge on any atom is -0.506 e. The van der Waals surface area contributed by atoms with Gasteiger partial charge in [0, 0.05) is 30.6 Å². The van der Waals surface area contributed by atoms with E-state index in [1.54, 1.807) is 12.1 Å². The number of benzene rings is 1. The van der Waals surface area contributed by atoms with E-state index in [1.807, 2.05) is 11.0 Å². The molecule has 1 aliphatic carbocycles. The molecule has 0 atom stereocenters. The summed E-state index contributed by atoms with van der Waals surface area (Å²) in [4.78, 5) is 28.4. The van der Waals surface area contributed by atoms with Crippen molar-refractivity contribution in [3.63, 3.8) is 0 Å². The molecule has 1 saturated carbocycles. The highest BCUT2D eigenvalue weighted by Gasteiger charge is 2.23. The molecule has 3 rings (SSSR count). The van der Waals surface area contributed by atoms with Gasteiger partial charge < -0.3 is 20.3 Å². The van der Waals surface area contributed by atoms with Gasteiger partial charge in [0.05, 0.1) is 5.52 Å². The van der Waals surface area contributed by atoms with E-state index < -0.39 is 0 Å². The highest BCUT2D eigenvalue weighted by Crippen LogP contribution is 2.25. The zero-order valence-corrected chi connectivity index (χ0v) is 16.2. The SMILES string of the molecule is C=CC(=O)N(CCNCCc1ccc(O)c2[nH]c(=O)ccc12)C1CCCCC1. The summed E-state index contributed by atoms with van der Waals surface area (Å²) in [5, 5.41) is 14.2. The fraction of sp³-hybridized carbons (Fsp3) is 0.455. The number of carbonyl (C=O) groups is 1. The van der Waals surface area contributed by atoms with Crippen LogP contribution in [0, 0.1) is 0 Å². The summed E-state index contributed by atoms with van der Waals surface area (Å²) >= 11 is 0. The molecule has 1 aromatic heterocycles. The normalized spacial score (nSPS) is 14.9. The Labute approximate surface area is 165 Å². The van der Waals surface area contributed by atoms with E-state index in [1.165, 1.54) is 31.4 Å². The van der Waals surface area contributed by atoms with Gasteiger partial charge in [-0.3, -0.25) is 9.59 Å². The van der Waals surface area contributed by atoms with Crippen molar-refractivity contribution in [2.45, 2.75) is 44.6 Å². The largest absolute Gasteiger partial charge is 0.506 e. The number of aromatic nitrogens is 1. The van der Waals surface area contributed by atoms with Crippen LogP contribution < -0.4 is 10.9 Å². The molecule has 0 spiro atoms. The first-order chi connectivity index (χ1) is 13.6. The maximum atomic E-state index is 12.2. The van der Waals surface area contributed by atoms with Crippen LogP contribution in [-0.2, 0) is 11.2 Å². The van der Waals surface area contributed by atoms with Crippen molar-refractivity contribution in [1.82, 2.24) is 15.2 Å². The van der Waals surface area contributed by atoms with Crippen LogP contribution in [0.1, 0.15) is 37.7 Å². The molecule has 2 aromatic rings.